The van der Waals surface area contributed by atoms with E-state index >= 15 is 0 Å². The smallest absolute Gasteiger partial charge is 0.137 e. The van der Waals surface area contributed by atoms with E-state index in [2.05, 4.69) is 36.0 Å². The number of H-pyrrole nitrogens is 1. The quantitative estimate of drug-likeness (QED) is 0.417. The molecular weight excluding hydrogens is 270 g/mol. The molecule has 0 aliphatic carbocycles. The first kappa shape index (κ1) is 19.2. The minimum Gasteiger partial charge on any atom is -0.263 e. The van der Waals surface area contributed by atoms with Gasteiger partial charge in [-0.3, -0.25) is 5.10 Å². The zero-order valence-corrected chi connectivity index (χ0v) is 15.2. The second-order valence-electron chi connectivity index (χ2n) is 6.75. The highest BCUT2D eigenvalue weighted by Gasteiger charge is 2.30. The van der Waals surface area contributed by atoms with Crippen molar-refractivity contribution < 1.29 is 0 Å². The molecule has 3 heteroatoms. The third-order valence-corrected chi connectivity index (χ3v) is 5.28. The van der Waals surface area contributed by atoms with Crippen LogP contribution in [0.1, 0.15) is 110 Å². The van der Waals surface area contributed by atoms with Gasteiger partial charge in [0.2, 0.25) is 0 Å². The summed E-state index contributed by atoms with van der Waals surface area (Å²) in [5, 5.41) is 7.15. The molecule has 1 aromatic heterocycles. The number of hydrogen-bond acceptors (Lipinski definition) is 2. The molecule has 0 atom stereocenters. The standard InChI is InChI=1S/C19H37N3/c1-4-7-8-9-10-11-12-13-14-15-16-19(5-2,6-3)18-20-17-21-22-18/h17H,4-16H2,1-3H3,(H,20,21,22). The molecule has 3 nitrogen and oxygen atoms in total. The molecule has 0 radical (unpaired) electrons. The number of nitrogens with zero attached hydrogens (tertiary/aromatic N) is 2. The molecule has 128 valence electrons. The third-order valence-electron chi connectivity index (χ3n) is 5.28. The van der Waals surface area contributed by atoms with Crippen molar-refractivity contribution in [2.24, 2.45) is 0 Å². The highest BCUT2D eigenvalue weighted by molar-refractivity contribution is 5.05. The van der Waals surface area contributed by atoms with Gasteiger partial charge >= 0.3 is 0 Å². The molecule has 0 aliphatic heterocycles. The highest BCUT2D eigenvalue weighted by Crippen LogP contribution is 2.34. The van der Waals surface area contributed by atoms with Crippen molar-refractivity contribution in [1.82, 2.24) is 15.2 Å². The van der Waals surface area contributed by atoms with E-state index in [1.165, 1.54) is 70.6 Å². The van der Waals surface area contributed by atoms with E-state index in [1.807, 2.05) is 0 Å². The predicted octanol–water partition coefficient (Wildman–Crippen LogP) is 6.17. The summed E-state index contributed by atoms with van der Waals surface area (Å²) in [6.45, 7) is 6.84. The van der Waals surface area contributed by atoms with E-state index in [4.69, 9.17) is 0 Å². The highest BCUT2D eigenvalue weighted by atomic mass is 15.2. The van der Waals surface area contributed by atoms with Crippen LogP contribution in [0.3, 0.4) is 0 Å². The fraction of sp³-hybridized carbons (Fsp3) is 0.895. The summed E-state index contributed by atoms with van der Waals surface area (Å²) in [7, 11) is 0. The van der Waals surface area contributed by atoms with E-state index in [0.717, 1.165) is 18.7 Å². The Bertz CT molecular complexity index is 342. The first-order chi connectivity index (χ1) is 10.8. The van der Waals surface area contributed by atoms with Gasteiger partial charge in [0.15, 0.2) is 0 Å². The van der Waals surface area contributed by atoms with E-state index in [-0.39, 0.29) is 5.41 Å². The maximum absolute atomic E-state index is 4.43. The fourth-order valence-electron chi connectivity index (χ4n) is 3.47. The molecule has 0 aliphatic rings. The van der Waals surface area contributed by atoms with E-state index < -0.39 is 0 Å². The molecule has 0 amide bonds. The molecule has 0 fully saturated rings. The van der Waals surface area contributed by atoms with E-state index in [1.54, 1.807) is 6.33 Å². The summed E-state index contributed by atoms with van der Waals surface area (Å²) < 4.78 is 0. The lowest BCUT2D eigenvalue weighted by Crippen LogP contribution is -2.26. The summed E-state index contributed by atoms with van der Waals surface area (Å²) in [6, 6.07) is 0. The van der Waals surface area contributed by atoms with Gasteiger partial charge in [-0.1, -0.05) is 85.0 Å². The van der Waals surface area contributed by atoms with Crippen LogP contribution in [0.15, 0.2) is 6.33 Å². The zero-order valence-electron chi connectivity index (χ0n) is 15.2. The summed E-state index contributed by atoms with van der Waals surface area (Å²) in [5.41, 5.74) is 0.219. The summed E-state index contributed by atoms with van der Waals surface area (Å²) >= 11 is 0. The van der Waals surface area contributed by atoms with Crippen molar-refractivity contribution in [3.63, 3.8) is 0 Å². The second kappa shape index (κ2) is 11.7. The lowest BCUT2D eigenvalue weighted by Gasteiger charge is -2.29. The molecule has 0 unspecified atom stereocenters. The molecule has 0 saturated heterocycles. The van der Waals surface area contributed by atoms with Gasteiger partial charge in [-0.25, -0.2) is 4.98 Å². The molecule has 22 heavy (non-hydrogen) atoms. The largest absolute Gasteiger partial charge is 0.263 e. The lowest BCUT2D eigenvalue weighted by atomic mass is 9.77. The predicted molar refractivity (Wildman–Crippen MR) is 95.1 cm³/mol. The molecule has 0 spiro atoms. The SMILES string of the molecule is CCCCCCCCCCCCC(CC)(CC)c1ncn[nH]1. The van der Waals surface area contributed by atoms with E-state index in [9.17, 15) is 0 Å². The van der Waals surface area contributed by atoms with Crippen molar-refractivity contribution in [3.05, 3.63) is 12.2 Å². The Kier molecular flexibility index (Phi) is 10.2. The minimum absolute atomic E-state index is 0.219. The Balaban J connectivity index is 2.12. The van der Waals surface area contributed by atoms with Gasteiger partial charge in [-0.2, -0.15) is 5.10 Å². The first-order valence-electron chi connectivity index (χ1n) is 9.65. The van der Waals surface area contributed by atoms with Crippen molar-refractivity contribution in [2.45, 2.75) is 110 Å². The fourth-order valence-corrected chi connectivity index (χ4v) is 3.47. The summed E-state index contributed by atoms with van der Waals surface area (Å²) in [4.78, 5) is 4.43. The van der Waals surface area contributed by atoms with Crippen LogP contribution in [0, 0.1) is 0 Å². The van der Waals surface area contributed by atoms with Crippen LogP contribution in [-0.4, -0.2) is 15.2 Å². The van der Waals surface area contributed by atoms with Crippen LogP contribution in [-0.2, 0) is 5.41 Å². The van der Waals surface area contributed by atoms with Gasteiger partial charge in [-0.05, 0) is 19.3 Å². The monoisotopic (exact) mass is 307 g/mol. The molecule has 0 aromatic carbocycles. The van der Waals surface area contributed by atoms with Crippen LogP contribution in [0.5, 0.6) is 0 Å². The van der Waals surface area contributed by atoms with Gasteiger partial charge in [0, 0.05) is 5.41 Å². The maximum Gasteiger partial charge on any atom is 0.137 e. The van der Waals surface area contributed by atoms with Gasteiger partial charge in [-0.15, -0.1) is 0 Å². The van der Waals surface area contributed by atoms with Crippen LogP contribution < -0.4 is 0 Å². The average molecular weight is 308 g/mol. The maximum atomic E-state index is 4.43. The molecule has 0 saturated carbocycles. The average Bonchev–Trinajstić information content (AvgIpc) is 3.08. The topological polar surface area (TPSA) is 41.6 Å². The molecule has 0 bridgehead atoms. The molecule has 1 N–H and O–H groups in total. The lowest BCUT2D eigenvalue weighted by molar-refractivity contribution is 0.330. The number of aromatic nitrogens is 3. The number of unbranched alkanes of at least 4 members (excludes halogenated alkanes) is 9. The molecule has 1 aromatic rings. The minimum atomic E-state index is 0.219. The summed E-state index contributed by atoms with van der Waals surface area (Å²) in [6.07, 6.45) is 19.2. The Morgan fingerprint density at radius 3 is 1.82 bits per heavy atom. The Hall–Kier alpha value is -0.860. The number of hydrogen-bond donors (Lipinski definition) is 1. The molecule has 1 heterocycles. The van der Waals surface area contributed by atoms with Crippen LogP contribution in [0.2, 0.25) is 0 Å². The van der Waals surface area contributed by atoms with Gasteiger partial charge in [0.1, 0.15) is 12.2 Å². The third kappa shape index (κ3) is 6.50. The Morgan fingerprint density at radius 2 is 1.36 bits per heavy atom. The van der Waals surface area contributed by atoms with E-state index in [0.29, 0.717) is 0 Å². The Morgan fingerprint density at radius 1 is 0.818 bits per heavy atom. The normalized spacial score (nSPS) is 12.0. The van der Waals surface area contributed by atoms with Gasteiger partial charge < -0.3 is 0 Å². The van der Waals surface area contributed by atoms with Crippen molar-refractivity contribution in [2.75, 3.05) is 0 Å². The van der Waals surface area contributed by atoms with Crippen LogP contribution >= 0.6 is 0 Å². The Labute approximate surface area is 137 Å². The number of nitrogens with one attached hydrogen (secondary N) is 1. The first-order valence-corrected chi connectivity index (χ1v) is 9.65. The van der Waals surface area contributed by atoms with Crippen molar-refractivity contribution in [3.8, 4) is 0 Å². The van der Waals surface area contributed by atoms with Crippen LogP contribution in [0.4, 0.5) is 0 Å². The van der Waals surface area contributed by atoms with Crippen molar-refractivity contribution in [1.29, 1.82) is 0 Å². The van der Waals surface area contributed by atoms with Gasteiger partial charge in [0.05, 0.1) is 0 Å². The van der Waals surface area contributed by atoms with Crippen LogP contribution in [0.25, 0.3) is 0 Å². The zero-order chi connectivity index (χ0) is 16.1. The summed E-state index contributed by atoms with van der Waals surface area (Å²) in [5.74, 6) is 1.09. The number of aromatic amines is 1. The van der Waals surface area contributed by atoms with Crippen molar-refractivity contribution >= 4 is 0 Å². The molecule has 1 rings (SSSR count). The second-order valence-corrected chi connectivity index (χ2v) is 6.75. The number of rotatable bonds is 14. The van der Waals surface area contributed by atoms with Gasteiger partial charge in [0.25, 0.3) is 0 Å². The molecular formula is C19H37N3.